The molecule has 5 nitrogen and oxygen atoms in total. The number of methoxy groups -OCH3 is 1. The van der Waals surface area contributed by atoms with Crippen LogP contribution in [0.25, 0.3) is 10.9 Å². The number of fused-ring (bicyclic) bond motifs is 1. The third-order valence-electron chi connectivity index (χ3n) is 3.99. The van der Waals surface area contributed by atoms with Crippen molar-refractivity contribution in [2.45, 2.75) is 25.3 Å². The first-order chi connectivity index (χ1) is 10.2. The molecule has 112 valence electrons. The number of benzene rings is 1. The molecular weight excluding hydrogens is 334 g/mol. The summed E-state index contributed by atoms with van der Waals surface area (Å²) < 4.78 is 7.55. The van der Waals surface area contributed by atoms with E-state index in [1.165, 1.54) is 7.11 Å². The van der Waals surface area contributed by atoms with Crippen LogP contribution in [0.2, 0.25) is 0 Å². The standard InChI is InChI=1S/C15H18BrN3O2/c1-21-13(20)9-19-12-4-2-3-11(16)14(12)15(18-19)10-5-7-17-8-6-10/h2-4,10,17H,5-9H2,1H3. The van der Waals surface area contributed by atoms with E-state index in [1.54, 1.807) is 4.68 Å². The second kappa shape index (κ2) is 6.15. The maximum absolute atomic E-state index is 11.6. The van der Waals surface area contributed by atoms with Crippen molar-refractivity contribution in [1.82, 2.24) is 15.1 Å². The van der Waals surface area contributed by atoms with Gasteiger partial charge >= 0.3 is 5.97 Å². The largest absolute Gasteiger partial charge is 0.468 e. The molecule has 0 atom stereocenters. The quantitative estimate of drug-likeness (QED) is 0.863. The van der Waals surface area contributed by atoms with Crippen molar-refractivity contribution >= 4 is 32.8 Å². The average Bonchev–Trinajstić information content (AvgIpc) is 2.88. The third-order valence-corrected chi connectivity index (χ3v) is 4.65. The molecule has 1 aliphatic heterocycles. The van der Waals surface area contributed by atoms with Crippen molar-refractivity contribution in [1.29, 1.82) is 0 Å². The van der Waals surface area contributed by atoms with Crippen LogP contribution in [0.4, 0.5) is 0 Å². The summed E-state index contributed by atoms with van der Waals surface area (Å²) in [5.41, 5.74) is 2.06. The number of halogens is 1. The maximum Gasteiger partial charge on any atom is 0.327 e. The van der Waals surface area contributed by atoms with Crippen molar-refractivity contribution < 1.29 is 9.53 Å². The van der Waals surface area contributed by atoms with Crippen molar-refractivity contribution in [3.63, 3.8) is 0 Å². The highest BCUT2D eigenvalue weighted by Crippen LogP contribution is 2.35. The van der Waals surface area contributed by atoms with Gasteiger partial charge < -0.3 is 10.1 Å². The molecule has 2 aromatic rings. The highest BCUT2D eigenvalue weighted by molar-refractivity contribution is 9.10. The summed E-state index contributed by atoms with van der Waals surface area (Å²) in [7, 11) is 1.40. The molecule has 6 heteroatoms. The predicted octanol–water partition coefficient (Wildman–Crippen LogP) is 2.44. The molecule has 3 rings (SSSR count). The summed E-state index contributed by atoms with van der Waals surface area (Å²) in [5.74, 6) is 0.155. The van der Waals surface area contributed by atoms with Crippen LogP contribution in [0.1, 0.15) is 24.5 Å². The van der Waals surface area contributed by atoms with Crippen LogP contribution < -0.4 is 5.32 Å². The maximum atomic E-state index is 11.6. The zero-order valence-corrected chi connectivity index (χ0v) is 13.5. The summed E-state index contributed by atoms with van der Waals surface area (Å²) >= 11 is 3.63. The third kappa shape index (κ3) is 2.82. The molecule has 1 aromatic heterocycles. The van der Waals surface area contributed by atoms with Gasteiger partial charge in [-0.15, -0.1) is 0 Å². The Balaban J connectivity index is 2.08. The first-order valence-electron chi connectivity index (χ1n) is 7.13. The molecule has 0 radical (unpaired) electrons. The van der Waals surface area contributed by atoms with Crippen molar-refractivity contribution in [2.75, 3.05) is 20.2 Å². The van der Waals surface area contributed by atoms with Crippen LogP contribution in [0.15, 0.2) is 22.7 Å². The molecule has 2 heterocycles. The van der Waals surface area contributed by atoms with Gasteiger partial charge in [0, 0.05) is 15.8 Å². The van der Waals surface area contributed by atoms with Gasteiger partial charge in [-0.3, -0.25) is 9.48 Å². The predicted molar refractivity (Wildman–Crippen MR) is 84.3 cm³/mol. The molecule has 1 aromatic carbocycles. The van der Waals surface area contributed by atoms with Gasteiger partial charge in [-0.1, -0.05) is 22.0 Å². The number of rotatable bonds is 3. The van der Waals surface area contributed by atoms with E-state index < -0.39 is 0 Å². The fourth-order valence-electron chi connectivity index (χ4n) is 2.90. The number of nitrogens with one attached hydrogen (secondary N) is 1. The van der Waals surface area contributed by atoms with Gasteiger partial charge in [0.2, 0.25) is 0 Å². The fraction of sp³-hybridized carbons (Fsp3) is 0.467. The van der Waals surface area contributed by atoms with Crippen LogP contribution >= 0.6 is 15.9 Å². The lowest BCUT2D eigenvalue weighted by atomic mass is 9.93. The lowest BCUT2D eigenvalue weighted by Crippen LogP contribution is -2.27. The number of ether oxygens (including phenoxy) is 1. The monoisotopic (exact) mass is 351 g/mol. The molecule has 0 unspecified atom stereocenters. The van der Waals surface area contributed by atoms with Gasteiger partial charge in [0.1, 0.15) is 6.54 Å². The van der Waals surface area contributed by atoms with Crippen molar-refractivity contribution in [2.24, 2.45) is 0 Å². The van der Waals surface area contributed by atoms with Gasteiger partial charge in [0.05, 0.1) is 18.3 Å². The lowest BCUT2D eigenvalue weighted by molar-refractivity contribution is -0.141. The molecule has 0 aliphatic carbocycles. The Labute approximate surface area is 131 Å². The number of aromatic nitrogens is 2. The summed E-state index contributed by atoms with van der Waals surface area (Å²) in [6, 6.07) is 5.99. The van der Waals surface area contributed by atoms with Gasteiger partial charge in [0.15, 0.2) is 0 Å². The summed E-state index contributed by atoms with van der Waals surface area (Å²) in [5, 5.41) is 9.21. The van der Waals surface area contributed by atoms with Gasteiger partial charge in [-0.25, -0.2) is 0 Å². The molecule has 0 amide bonds. The molecule has 1 fully saturated rings. The van der Waals surface area contributed by atoms with Crippen LogP contribution in [0, 0.1) is 0 Å². The topological polar surface area (TPSA) is 56.2 Å². The molecule has 21 heavy (non-hydrogen) atoms. The number of hydrogen-bond acceptors (Lipinski definition) is 4. The Hall–Kier alpha value is -1.40. The second-order valence-corrected chi connectivity index (χ2v) is 6.13. The van der Waals surface area contributed by atoms with E-state index in [4.69, 9.17) is 9.84 Å². The lowest BCUT2D eigenvalue weighted by Gasteiger charge is -2.21. The van der Waals surface area contributed by atoms with Gasteiger partial charge in [0.25, 0.3) is 0 Å². The Morgan fingerprint density at radius 1 is 1.48 bits per heavy atom. The van der Waals surface area contributed by atoms with E-state index in [1.807, 2.05) is 18.2 Å². The van der Waals surface area contributed by atoms with Gasteiger partial charge in [-0.05, 0) is 38.1 Å². The van der Waals surface area contributed by atoms with Gasteiger partial charge in [-0.2, -0.15) is 5.10 Å². The highest BCUT2D eigenvalue weighted by atomic mass is 79.9. The smallest absolute Gasteiger partial charge is 0.327 e. The van der Waals surface area contributed by atoms with E-state index in [0.717, 1.165) is 47.0 Å². The molecule has 1 saturated heterocycles. The Morgan fingerprint density at radius 2 is 2.24 bits per heavy atom. The van der Waals surface area contributed by atoms with E-state index in [-0.39, 0.29) is 12.5 Å². The first-order valence-corrected chi connectivity index (χ1v) is 7.92. The highest BCUT2D eigenvalue weighted by Gasteiger charge is 2.23. The first kappa shape index (κ1) is 14.5. The number of piperidine rings is 1. The number of esters is 1. The summed E-state index contributed by atoms with van der Waals surface area (Å²) in [6.07, 6.45) is 2.15. The molecule has 0 saturated carbocycles. The SMILES string of the molecule is COC(=O)Cn1nc(C2CCNCC2)c2c(Br)cccc21. The minimum absolute atomic E-state index is 0.147. The Morgan fingerprint density at radius 3 is 2.95 bits per heavy atom. The van der Waals surface area contributed by atoms with E-state index in [2.05, 4.69) is 21.2 Å². The molecule has 0 bridgehead atoms. The minimum atomic E-state index is -0.281. The zero-order valence-electron chi connectivity index (χ0n) is 11.9. The van der Waals surface area contributed by atoms with Crippen LogP contribution in [0.5, 0.6) is 0 Å². The number of hydrogen-bond donors (Lipinski definition) is 1. The summed E-state index contributed by atoms with van der Waals surface area (Å²) in [4.78, 5) is 11.6. The number of nitrogens with zero attached hydrogens (tertiary/aromatic N) is 2. The van der Waals surface area contributed by atoms with E-state index >= 15 is 0 Å². The van der Waals surface area contributed by atoms with E-state index in [0.29, 0.717) is 5.92 Å². The molecule has 1 aliphatic rings. The van der Waals surface area contributed by atoms with Crippen molar-refractivity contribution in [3.05, 3.63) is 28.4 Å². The summed E-state index contributed by atoms with van der Waals surface area (Å²) in [6.45, 7) is 2.18. The van der Waals surface area contributed by atoms with Crippen LogP contribution in [0.3, 0.4) is 0 Å². The zero-order chi connectivity index (χ0) is 14.8. The minimum Gasteiger partial charge on any atom is -0.468 e. The Kier molecular flexibility index (Phi) is 4.26. The Bertz CT molecular complexity index is 662. The van der Waals surface area contributed by atoms with Crippen LogP contribution in [-0.4, -0.2) is 35.9 Å². The average molecular weight is 352 g/mol. The molecule has 0 spiro atoms. The fourth-order valence-corrected chi connectivity index (χ4v) is 3.46. The normalized spacial score (nSPS) is 16.3. The van der Waals surface area contributed by atoms with Crippen molar-refractivity contribution in [3.8, 4) is 0 Å². The number of carbonyl (C=O) groups excluding carboxylic acids is 1. The molecule has 1 N–H and O–H groups in total. The molecular formula is C15H18BrN3O2. The van der Waals surface area contributed by atoms with Crippen LogP contribution in [-0.2, 0) is 16.1 Å². The van der Waals surface area contributed by atoms with E-state index in [9.17, 15) is 4.79 Å². The second-order valence-electron chi connectivity index (χ2n) is 5.28. The number of carbonyl (C=O) groups is 1.